The first kappa shape index (κ1) is 15.5. The summed E-state index contributed by atoms with van der Waals surface area (Å²) in [5, 5.41) is 9.45. The summed E-state index contributed by atoms with van der Waals surface area (Å²) in [5.74, 6) is 0.247. The van der Waals surface area contributed by atoms with E-state index in [2.05, 4.69) is 23.1 Å². The third-order valence-corrected chi connectivity index (χ3v) is 5.06. The molecule has 0 aliphatic carbocycles. The van der Waals surface area contributed by atoms with E-state index in [0.29, 0.717) is 6.42 Å². The van der Waals surface area contributed by atoms with Crippen molar-refractivity contribution in [1.82, 2.24) is 9.80 Å². The lowest BCUT2D eigenvalue weighted by Gasteiger charge is -2.35. The lowest BCUT2D eigenvalue weighted by Crippen LogP contribution is -2.44. The van der Waals surface area contributed by atoms with E-state index < -0.39 is 0 Å². The Kier molecular flexibility index (Phi) is 5.11. The van der Waals surface area contributed by atoms with Gasteiger partial charge in [0, 0.05) is 32.1 Å². The van der Waals surface area contributed by atoms with Gasteiger partial charge in [-0.05, 0) is 36.9 Å². The number of aliphatic hydroxyl groups is 1. The summed E-state index contributed by atoms with van der Waals surface area (Å²) in [7, 11) is 0. The molecule has 1 N–H and O–H groups in total. The molecule has 3 rings (SSSR count). The van der Waals surface area contributed by atoms with E-state index in [-0.39, 0.29) is 18.6 Å². The quantitative estimate of drug-likeness (QED) is 0.922. The van der Waals surface area contributed by atoms with Gasteiger partial charge in [0.05, 0.1) is 6.61 Å². The number of nitrogens with zero attached hydrogens (tertiary/aromatic N) is 2. The zero-order chi connectivity index (χ0) is 15.4. The fourth-order valence-electron chi connectivity index (χ4n) is 3.67. The average Bonchev–Trinajstić information content (AvgIpc) is 2.59. The van der Waals surface area contributed by atoms with Crippen molar-refractivity contribution < 1.29 is 9.90 Å². The molecule has 2 aliphatic rings. The van der Waals surface area contributed by atoms with Gasteiger partial charge in [-0.2, -0.15) is 0 Å². The number of likely N-dealkylation sites (tertiary alicyclic amines) is 1. The van der Waals surface area contributed by atoms with Crippen molar-refractivity contribution in [1.29, 1.82) is 0 Å². The highest BCUT2D eigenvalue weighted by atomic mass is 16.3. The topological polar surface area (TPSA) is 43.8 Å². The monoisotopic (exact) mass is 302 g/mol. The van der Waals surface area contributed by atoms with Crippen molar-refractivity contribution in [3.8, 4) is 0 Å². The highest BCUT2D eigenvalue weighted by Crippen LogP contribution is 2.20. The number of hydrogen-bond acceptors (Lipinski definition) is 3. The van der Waals surface area contributed by atoms with Crippen LogP contribution in [0.5, 0.6) is 0 Å². The Balaban J connectivity index is 1.52. The number of piperidine rings is 1. The van der Waals surface area contributed by atoms with E-state index in [0.717, 1.165) is 39.0 Å². The molecule has 0 bridgehead atoms. The van der Waals surface area contributed by atoms with Crippen LogP contribution in [0.15, 0.2) is 24.3 Å². The molecule has 0 aromatic heterocycles. The first-order valence-corrected chi connectivity index (χ1v) is 8.47. The fourth-order valence-corrected chi connectivity index (χ4v) is 3.67. The van der Waals surface area contributed by atoms with Gasteiger partial charge in [-0.3, -0.25) is 9.69 Å². The maximum absolute atomic E-state index is 12.5. The number of aliphatic hydroxyl groups excluding tert-OH is 1. The number of benzene rings is 1. The zero-order valence-electron chi connectivity index (χ0n) is 13.2. The lowest BCUT2D eigenvalue weighted by atomic mass is 9.99. The minimum absolute atomic E-state index is 0.214. The van der Waals surface area contributed by atoms with Crippen LogP contribution >= 0.6 is 0 Å². The standard InChI is InChI=1S/C18H26N2O2/c21-14-17-7-3-4-10-19(17)12-9-18(22)20-11-8-15-5-1-2-6-16(15)13-20/h1-2,5-6,17,21H,3-4,7-14H2/t17-/m1/s1. The molecule has 1 fully saturated rings. The molecule has 1 atom stereocenters. The van der Waals surface area contributed by atoms with E-state index in [1.54, 1.807) is 0 Å². The number of carbonyl (C=O) groups excluding carboxylic acids is 1. The Morgan fingerprint density at radius 1 is 1.18 bits per heavy atom. The van der Waals surface area contributed by atoms with Crippen LogP contribution in [0, 0.1) is 0 Å². The number of fused-ring (bicyclic) bond motifs is 1. The van der Waals surface area contributed by atoms with Gasteiger partial charge in [0.1, 0.15) is 0 Å². The molecule has 1 aromatic carbocycles. The number of amides is 1. The average molecular weight is 302 g/mol. The van der Waals surface area contributed by atoms with Gasteiger partial charge in [-0.15, -0.1) is 0 Å². The second-order valence-electron chi connectivity index (χ2n) is 6.45. The molecule has 0 spiro atoms. The maximum Gasteiger partial charge on any atom is 0.224 e. The zero-order valence-corrected chi connectivity index (χ0v) is 13.2. The van der Waals surface area contributed by atoms with Gasteiger partial charge in [0.15, 0.2) is 0 Å². The summed E-state index contributed by atoms with van der Waals surface area (Å²) < 4.78 is 0. The molecule has 22 heavy (non-hydrogen) atoms. The summed E-state index contributed by atoms with van der Waals surface area (Å²) in [6.07, 6.45) is 4.96. The Hall–Kier alpha value is -1.39. The summed E-state index contributed by atoms with van der Waals surface area (Å²) in [6, 6.07) is 8.66. The molecule has 0 saturated carbocycles. The van der Waals surface area contributed by atoms with Gasteiger partial charge >= 0.3 is 0 Å². The molecule has 1 saturated heterocycles. The van der Waals surface area contributed by atoms with Crippen molar-refractivity contribution in [2.45, 2.75) is 44.7 Å². The Bertz CT molecular complexity index is 518. The molecular weight excluding hydrogens is 276 g/mol. The molecule has 120 valence electrons. The summed E-state index contributed by atoms with van der Waals surface area (Å²) in [4.78, 5) is 16.8. The Labute approximate surface area is 132 Å². The van der Waals surface area contributed by atoms with Crippen LogP contribution in [0.2, 0.25) is 0 Å². The third kappa shape index (κ3) is 3.50. The van der Waals surface area contributed by atoms with Gasteiger partial charge in [0.2, 0.25) is 5.91 Å². The molecule has 2 aliphatic heterocycles. The fraction of sp³-hybridized carbons (Fsp3) is 0.611. The van der Waals surface area contributed by atoms with E-state index in [4.69, 9.17) is 0 Å². The number of hydrogen-bond donors (Lipinski definition) is 1. The second-order valence-corrected chi connectivity index (χ2v) is 6.45. The van der Waals surface area contributed by atoms with Crippen LogP contribution in [0.25, 0.3) is 0 Å². The van der Waals surface area contributed by atoms with Crippen LogP contribution in [-0.2, 0) is 17.8 Å². The first-order chi connectivity index (χ1) is 10.8. The molecule has 4 nitrogen and oxygen atoms in total. The van der Waals surface area contributed by atoms with Gasteiger partial charge in [0.25, 0.3) is 0 Å². The van der Waals surface area contributed by atoms with Crippen LogP contribution in [-0.4, -0.2) is 53.1 Å². The predicted octanol–water partition coefficient (Wildman–Crippen LogP) is 1.81. The van der Waals surface area contributed by atoms with E-state index >= 15 is 0 Å². The predicted molar refractivity (Wildman–Crippen MR) is 86.5 cm³/mol. The lowest BCUT2D eigenvalue weighted by molar-refractivity contribution is -0.132. The maximum atomic E-state index is 12.5. The normalized spacial score (nSPS) is 22.4. The van der Waals surface area contributed by atoms with Crippen molar-refractivity contribution >= 4 is 5.91 Å². The van der Waals surface area contributed by atoms with Crippen molar-refractivity contribution in [3.63, 3.8) is 0 Å². The molecule has 4 heteroatoms. The second kappa shape index (κ2) is 7.25. The SMILES string of the molecule is O=C(CCN1CCCC[C@@H]1CO)N1CCc2ccccc2C1. The largest absolute Gasteiger partial charge is 0.395 e. The smallest absolute Gasteiger partial charge is 0.224 e. The van der Waals surface area contributed by atoms with Gasteiger partial charge < -0.3 is 10.0 Å². The van der Waals surface area contributed by atoms with Crippen molar-refractivity contribution in [2.75, 3.05) is 26.2 Å². The molecule has 0 radical (unpaired) electrons. The van der Waals surface area contributed by atoms with Crippen LogP contribution in [0.4, 0.5) is 0 Å². The summed E-state index contributed by atoms with van der Waals surface area (Å²) in [5.41, 5.74) is 2.66. The Morgan fingerprint density at radius 2 is 2.00 bits per heavy atom. The Morgan fingerprint density at radius 3 is 2.82 bits per heavy atom. The van der Waals surface area contributed by atoms with Gasteiger partial charge in [-0.1, -0.05) is 30.7 Å². The minimum Gasteiger partial charge on any atom is -0.395 e. The molecular formula is C18H26N2O2. The van der Waals surface area contributed by atoms with E-state index in [9.17, 15) is 9.90 Å². The van der Waals surface area contributed by atoms with Crippen LogP contribution in [0.1, 0.15) is 36.8 Å². The highest BCUT2D eigenvalue weighted by molar-refractivity contribution is 5.76. The first-order valence-electron chi connectivity index (χ1n) is 8.47. The van der Waals surface area contributed by atoms with Crippen LogP contribution in [0.3, 0.4) is 0 Å². The van der Waals surface area contributed by atoms with Gasteiger partial charge in [-0.25, -0.2) is 0 Å². The third-order valence-electron chi connectivity index (χ3n) is 5.06. The minimum atomic E-state index is 0.214. The molecule has 0 unspecified atom stereocenters. The molecule has 1 aromatic rings. The molecule has 2 heterocycles. The van der Waals surface area contributed by atoms with Crippen molar-refractivity contribution in [3.05, 3.63) is 35.4 Å². The number of rotatable bonds is 4. The van der Waals surface area contributed by atoms with E-state index in [1.165, 1.54) is 24.0 Å². The highest BCUT2D eigenvalue weighted by Gasteiger charge is 2.24. The molecule has 1 amide bonds. The van der Waals surface area contributed by atoms with Crippen molar-refractivity contribution in [2.24, 2.45) is 0 Å². The van der Waals surface area contributed by atoms with E-state index in [1.807, 2.05) is 11.0 Å². The van der Waals surface area contributed by atoms with Crippen LogP contribution < -0.4 is 0 Å². The summed E-state index contributed by atoms with van der Waals surface area (Å²) >= 11 is 0. The summed E-state index contributed by atoms with van der Waals surface area (Å²) in [6.45, 7) is 3.59. The number of carbonyl (C=O) groups is 1.